The summed E-state index contributed by atoms with van der Waals surface area (Å²) in [7, 11) is 0. The molecule has 3 rings (SSSR count). The summed E-state index contributed by atoms with van der Waals surface area (Å²) in [6.07, 6.45) is 3.96. The zero-order chi connectivity index (χ0) is 12.6. The van der Waals surface area contributed by atoms with Crippen molar-refractivity contribution >= 4 is 11.9 Å². The second-order valence-electron chi connectivity index (χ2n) is 5.08. The fraction of sp³-hybridized carbons (Fsp3) is 0.429. The van der Waals surface area contributed by atoms with Crippen LogP contribution in [0.25, 0.3) is 0 Å². The van der Waals surface area contributed by atoms with E-state index in [1.807, 2.05) is 18.2 Å². The normalized spacial score (nSPS) is 31.2. The summed E-state index contributed by atoms with van der Waals surface area (Å²) in [5.41, 5.74) is 6.21. The largest absolute Gasteiger partial charge is 0.370 e. The van der Waals surface area contributed by atoms with Gasteiger partial charge in [-0.25, -0.2) is 4.99 Å². The van der Waals surface area contributed by atoms with Crippen LogP contribution in [0.5, 0.6) is 0 Å². The predicted molar refractivity (Wildman–Crippen MR) is 70.1 cm³/mol. The number of carbonyl (C=O) groups excluding carboxylic acids is 1. The minimum Gasteiger partial charge on any atom is -0.370 e. The Hall–Kier alpha value is -1.84. The standard InChI is InChI=1S/C14H17N3O/c15-13-16-12(18)14(17-13)9-5-4-8-11(14)10-6-2-1-3-7-10/h1-3,6-7,11H,4-5,8-9H2,(H3,15,16,17,18). The van der Waals surface area contributed by atoms with E-state index < -0.39 is 5.54 Å². The monoisotopic (exact) mass is 243 g/mol. The third-order valence-electron chi connectivity index (χ3n) is 4.03. The van der Waals surface area contributed by atoms with Crippen molar-refractivity contribution in [3.05, 3.63) is 35.9 Å². The minimum atomic E-state index is -0.663. The zero-order valence-electron chi connectivity index (χ0n) is 10.2. The molecule has 1 aromatic carbocycles. The molecule has 0 aromatic heterocycles. The number of carbonyl (C=O) groups is 1. The molecule has 0 radical (unpaired) electrons. The van der Waals surface area contributed by atoms with Gasteiger partial charge in [-0.2, -0.15) is 0 Å². The molecule has 3 N–H and O–H groups in total. The van der Waals surface area contributed by atoms with Crippen LogP contribution in [0.4, 0.5) is 0 Å². The fourth-order valence-corrected chi connectivity index (χ4v) is 3.21. The predicted octanol–water partition coefficient (Wildman–Crippen LogP) is 1.53. The van der Waals surface area contributed by atoms with E-state index in [1.54, 1.807) is 0 Å². The molecule has 2 atom stereocenters. The lowest BCUT2D eigenvalue weighted by atomic mass is 9.70. The number of benzene rings is 1. The average molecular weight is 243 g/mol. The van der Waals surface area contributed by atoms with Gasteiger partial charge in [0.2, 0.25) is 0 Å². The molecule has 94 valence electrons. The summed E-state index contributed by atoms with van der Waals surface area (Å²) >= 11 is 0. The van der Waals surface area contributed by atoms with Gasteiger partial charge in [0, 0.05) is 5.92 Å². The Morgan fingerprint density at radius 2 is 2.06 bits per heavy atom. The van der Waals surface area contributed by atoms with Crippen LogP contribution >= 0.6 is 0 Å². The first kappa shape index (κ1) is 11.3. The van der Waals surface area contributed by atoms with Crippen molar-refractivity contribution < 1.29 is 4.79 Å². The second kappa shape index (κ2) is 4.12. The van der Waals surface area contributed by atoms with Crippen LogP contribution in [0.3, 0.4) is 0 Å². The number of nitrogens with one attached hydrogen (secondary N) is 1. The van der Waals surface area contributed by atoms with Gasteiger partial charge in [0.1, 0.15) is 5.54 Å². The van der Waals surface area contributed by atoms with Crippen LogP contribution in [0.1, 0.15) is 37.2 Å². The smallest absolute Gasteiger partial charge is 0.255 e. The van der Waals surface area contributed by atoms with E-state index in [0.717, 1.165) is 25.7 Å². The van der Waals surface area contributed by atoms with E-state index >= 15 is 0 Å². The van der Waals surface area contributed by atoms with Gasteiger partial charge in [-0.3, -0.25) is 10.1 Å². The van der Waals surface area contributed by atoms with Crippen molar-refractivity contribution in [3.8, 4) is 0 Å². The highest BCUT2D eigenvalue weighted by Crippen LogP contribution is 2.45. The number of amides is 1. The van der Waals surface area contributed by atoms with Gasteiger partial charge in [0.15, 0.2) is 5.96 Å². The van der Waals surface area contributed by atoms with Crippen LogP contribution in [0.2, 0.25) is 0 Å². The van der Waals surface area contributed by atoms with Gasteiger partial charge in [0.25, 0.3) is 5.91 Å². The number of hydrogen-bond donors (Lipinski definition) is 2. The average Bonchev–Trinajstić information content (AvgIpc) is 2.66. The lowest BCUT2D eigenvalue weighted by Gasteiger charge is -2.36. The number of rotatable bonds is 1. The summed E-state index contributed by atoms with van der Waals surface area (Å²) in [6, 6.07) is 10.2. The third kappa shape index (κ3) is 1.60. The molecule has 1 heterocycles. The van der Waals surface area contributed by atoms with Crippen LogP contribution in [0, 0.1) is 0 Å². The Balaban J connectivity index is 2.04. The molecule has 1 aliphatic carbocycles. The molecule has 4 heteroatoms. The van der Waals surface area contributed by atoms with E-state index in [9.17, 15) is 4.79 Å². The molecule has 2 unspecified atom stereocenters. The Morgan fingerprint density at radius 1 is 1.28 bits per heavy atom. The van der Waals surface area contributed by atoms with E-state index in [0.29, 0.717) is 0 Å². The number of hydrogen-bond acceptors (Lipinski definition) is 3. The summed E-state index contributed by atoms with van der Waals surface area (Å²) in [4.78, 5) is 16.7. The summed E-state index contributed by atoms with van der Waals surface area (Å²) in [6.45, 7) is 0. The Bertz CT molecular complexity index is 497. The topological polar surface area (TPSA) is 67.5 Å². The number of nitrogens with two attached hydrogens (primary N) is 1. The zero-order valence-corrected chi connectivity index (χ0v) is 10.2. The molecule has 18 heavy (non-hydrogen) atoms. The fourth-order valence-electron chi connectivity index (χ4n) is 3.21. The molecular weight excluding hydrogens is 226 g/mol. The van der Waals surface area contributed by atoms with Crippen molar-refractivity contribution in [1.29, 1.82) is 0 Å². The Labute approximate surface area is 106 Å². The first-order chi connectivity index (χ1) is 8.72. The maximum Gasteiger partial charge on any atom is 0.255 e. The maximum atomic E-state index is 12.2. The minimum absolute atomic E-state index is 0.0337. The third-order valence-corrected chi connectivity index (χ3v) is 4.03. The van der Waals surface area contributed by atoms with E-state index in [4.69, 9.17) is 5.73 Å². The van der Waals surface area contributed by atoms with Gasteiger partial charge in [-0.05, 0) is 18.4 Å². The molecule has 4 nitrogen and oxygen atoms in total. The van der Waals surface area contributed by atoms with Crippen LogP contribution in [0.15, 0.2) is 35.3 Å². The van der Waals surface area contributed by atoms with Crippen molar-refractivity contribution in [1.82, 2.24) is 5.32 Å². The molecule has 1 fully saturated rings. The summed E-state index contributed by atoms with van der Waals surface area (Å²) in [5, 5.41) is 2.67. The Morgan fingerprint density at radius 3 is 2.72 bits per heavy atom. The number of nitrogens with zero attached hydrogens (tertiary/aromatic N) is 1. The molecule has 1 aromatic rings. The number of guanidine groups is 1. The van der Waals surface area contributed by atoms with Crippen molar-refractivity contribution in [3.63, 3.8) is 0 Å². The van der Waals surface area contributed by atoms with Crippen LogP contribution in [-0.2, 0) is 4.79 Å². The van der Waals surface area contributed by atoms with Gasteiger partial charge in [0.05, 0.1) is 0 Å². The molecule has 0 saturated heterocycles. The lowest BCUT2D eigenvalue weighted by Crippen LogP contribution is -2.46. The molecule has 1 aliphatic heterocycles. The van der Waals surface area contributed by atoms with Gasteiger partial charge in [-0.1, -0.05) is 43.2 Å². The highest BCUT2D eigenvalue weighted by Gasteiger charge is 2.50. The summed E-state index contributed by atoms with van der Waals surface area (Å²) < 4.78 is 0. The highest BCUT2D eigenvalue weighted by atomic mass is 16.2. The van der Waals surface area contributed by atoms with Gasteiger partial charge < -0.3 is 5.73 Å². The molecule has 1 amide bonds. The summed E-state index contributed by atoms with van der Waals surface area (Å²) in [5.74, 6) is 0.380. The number of aliphatic imine (C=N–C) groups is 1. The van der Waals surface area contributed by atoms with Crippen LogP contribution < -0.4 is 11.1 Å². The lowest BCUT2D eigenvalue weighted by molar-refractivity contribution is -0.125. The highest BCUT2D eigenvalue weighted by molar-refractivity contribution is 6.07. The Kier molecular flexibility index (Phi) is 2.58. The van der Waals surface area contributed by atoms with E-state index in [1.165, 1.54) is 5.56 Å². The quantitative estimate of drug-likeness (QED) is 0.785. The second-order valence-corrected chi connectivity index (χ2v) is 5.08. The van der Waals surface area contributed by atoms with Crippen molar-refractivity contribution in [2.24, 2.45) is 10.7 Å². The maximum absolute atomic E-state index is 12.2. The van der Waals surface area contributed by atoms with Crippen LogP contribution in [-0.4, -0.2) is 17.4 Å². The molecule has 0 bridgehead atoms. The SMILES string of the molecule is NC1=NC2(CCCCC2c2ccccc2)C(=O)N1. The molecular formula is C14H17N3O. The van der Waals surface area contributed by atoms with Gasteiger partial charge >= 0.3 is 0 Å². The van der Waals surface area contributed by atoms with Gasteiger partial charge in [-0.15, -0.1) is 0 Å². The molecule has 2 aliphatic rings. The first-order valence-corrected chi connectivity index (χ1v) is 6.44. The van der Waals surface area contributed by atoms with E-state index in [2.05, 4.69) is 22.4 Å². The first-order valence-electron chi connectivity index (χ1n) is 6.44. The van der Waals surface area contributed by atoms with Crippen molar-refractivity contribution in [2.45, 2.75) is 37.1 Å². The molecule has 1 spiro atoms. The van der Waals surface area contributed by atoms with E-state index in [-0.39, 0.29) is 17.8 Å². The molecule has 1 saturated carbocycles. The van der Waals surface area contributed by atoms with Crippen molar-refractivity contribution in [2.75, 3.05) is 0 Å².